The molecule has 0 atom stereocenters. The summed E-state index contributed by atoms with van der Waals surface area (Å²) in [6.07, 6.45) is 0. The van der Waals surface area contributed by atoms with Crippen LogP contribution in [-0.2, 0) is 10.3 Å². The van der Waals surface area contributed by atoms with Crippen LogP contribution in [0.4, 0.5) is 11.4 Å². The van der Waals surface area contributed by atoms with E-state index >= 15 is 0 Å². The molecule has 0 aromatic heterocycles. The summed E-state index contributed by atoms with van der Waals surface area (Å²) in [6, 6.07) is 38.6. The summed E-state index contributed by atoms with van der Waals surface area (Å²) in [5.74, 6) is 1.03. The fraction of sp³-hybridized carbons (Fsp3) is 0.184. The van der Waals surface area contributed by atoms with Gasteiger partial charge in [-0.15, -0.1) is 0 Å². The maximum Gasteiger partial charge on any atom is 0.342 e. The van der Waals surface area contributed by atoms with Crippen LogP contribution in [0.25, 0.3) is 0 Å². The highest BCUT2D eigenvalue weighted by Gasteiger charge is 2.56. The van der Waals surface area contributed by atoms with Crippen molar-refractivity contribution in [2.45, 2.75) is 32.4 Å². The van der Waals surface area contributed by atoms with Crippen molar-refractivity contribution in [2.24, 2.45) is 0 Å². The number of rotatable bonds is 7. The first-order valence-corrected chi connectivity index (χ1v) is 15.0. The lowest BCUT2D eigenvalue weighted by Gasteiger charge is -2.38. The summed E-state index contributed by atoms with van der Waals surface area (Å²) >= 11 is 0. The Bertz CT molecular complexity index is 1730. The number of fused-ring (bicyclic) bond motifs is 6. The zero-order valence-electron chi connectivity index (χ0n) is 24.6. The third-order valence-electron chi connectivity index (χ3n) is 8.72. The highest BCUT2D eigenvalue weighted by atomic mass is 16.6. The summed E-state index contributed by atoms with van der Waals surface area (Å²) in [5.41, 5.74) is 6.95. The molecule has 5 heteroatoms. The Morgan fingerprint density at radius 3 is 1.79 bits per heavy atom. The molecule has 0 aliphatic carbocycles. The van der Waals surface area contributed by atoms with Gasteiger partial charge in [0, 0.05) is 35.5 Å². The van der Waals surface area contributed by atoms with Gasteiger partial charge in [-0.25, -0.2) is 4.79 Å². The molecule has 0 unspecified atom stereocenters. The quantitative estimate of drug-likeness (QED) is 0.200. The molecule has 0 radical (unpaired) electrons. The first kappa shape index (κ1) is 26.8. The van der Waals surface area contributed by atoms with E-state index in [0.717, 1.165) is 57.8 Å². The van der Waals surface area contributed by atoms with Crippen molar-refractivity contribution in [1.82, 2.24) is 0 Å². The summed E-state index contributed by atoms with van der Waals surface area (Å²) < 4.78 is 13.1. The Morgan fingerprint density at radius 2 is 1.26 bits per heavy atom. The Morgan fingerprint density at radius 1 is 0.744 bits per heavy atom. The molecule has 2 aliphatic rings. The Kier molecular flexibility index (Phi) is 6.66. The zero-order chi connectivity index (χ0) is 29.6. The van der Waals surface area contributed by atoms with Crippen LogP contribution in [0.3, 0.4) is 0 Å². The highest BCUT2D eigenvalue weighted by Crippen LogP contribution is 2.59. The van der Waals surface area contributed by atoms with Crippen molar-refractivity contribution in [3.05, 3.63) is 154 Å². The van der Waals surface area contributed by atoms with Crippen LogP contribution in [0, 0.1) is 6.92 Å². The number of nitrogens with zero attached hydrogens (tertiary/aromatic N) is 1. The van der Waals surface area contributed by atoms with Crippen molar-refractivity contribution in [3.63, 3.8) is 0 Å². The number of nitrogens with one attached hydrogen (secondary N) is 1. The van der Waals surface area contributed by atoms with Crippen molar-refractivity contribution in [3.8, 4) is 11.5 Å². The van der Waals surface area contributed by atoms with Gasteiger partial charge in [-0.05, 0) is 55.7 Å². The van der Waals surface area contributed by atoms with Crippen molar-refractivity contribution >= 4 is 17.3 Å². The third kappa shape index (κ3) is 4.18. The number of hydrogen-bond acceptors (Lipinski definition) is 5. The van der Waals surface area contributed by atoms with Gasteiger partial charge in [0.1, 0.15) is 11.5 Å². The number of esters is 1. The minimum absolute atomic E-state index is 0.164. The van der Waals surface area contributed by atoms with Gasteiger partial charge in [-0.1, -0.05) is 97.1 Å². The minimum atomic E-state index is -1.19. The van der Waals surface area contributed by atoms with Gasteiger partial charge in [-0.2, -0.15) is 0 Å². The molecule has 0 saturated carbocycles. The van der Waals surface area contributed by atoms with Gasteiger partial charge < -0.3 is 19.7 Å². The monoisotopic (exact) mass is 566 g/mol. The van der Waals surface area contributed by atoms with Crippen LogP contribution >= 0.6 is 0 Å². The van der Waals surface area contributed by atoms with E-state index in [4.69, 9.17) is 9.47 Å². The second kappa shape index (κ2) is 10.7. The molecular formula is C38H34N2O3. The molecule has 1 N–H and O–H groups in total. The molecular weight excluding hydrogens is 532 g/mol. The highest BCUT2D eigenvalue weighted by molar-refractivity contribution is 6.05. The summed E-state index contributed by atoms with van der Waals surface area (Å²) in [5, 5.41) is 3.94. The van der Waals surface area contributed by atoms with Gasteiger partial charge in [0.2, 0.25) is 0 Å². The molecule has 0 saturated heterocycles. The van der Waals surface area contributed by atoms with E-state index in [-0.39, 0.29) is 12.0 Å². The smallest absolute Gasteiger partial charge is 0.342 e. The van der Waals surface area contributed by atoms with E-state index in [1.807, 2.05) is 60.7 Å². The van der Waals surface area contributed by atoms with Crippen LogP contribution in [0.1, 0.15) is 63.6 Å². The molecule has 2 heterocycles. The topological polar surface area (TPSA) is 50.8 Å². The Labute approximate surface area is 252 Å². The van der Waals surface area contributed by atoms with Crippen LogP contribution in [0.5, 0.6) is 11.5 Å². The minimum Gasteiger partial charge on any atom is -0.456 e. The van der Waals surface area contributed by atoms with Gasteiger partial charge in [0.05, 0.1) is 17.3 Å². The Balaban J connectivity index is 1.56. The molecule has 214 valence electrons. The zero-order valence-corrected chi connectivity index (χ0v) is 24.6. The second-order valence-corrected chi connectivity index (χ2v) is 11.1. The predicted molar refractivity (Wildman–Crippen MR) is 171 cm³/mol. The average Bonchev–Trinajstić information content (AvgIpc) is 3.35. The molecule has 0 amide bonds. The maximum atomic E-state index is 14.3. The van der Waals surface area contributed by atoms with Crippen LogP contribution in [-0.4, -0.2) is 19.1 Å². The summed E-state index contributed by atoms with van der Waals surface area (Å²) in [6.45, 7) is 7.89. The second-order valence-electron chi connectivity index (χ2n) is 11.1. The summed E-state index contributed by atoms with van der Waals surface area (Å²) in [7, 11) is 0. The van der Waals surface area contributed by atoms with Crippen LogP contribution in [0.2, 0.25) is 0 Å². The molecule has 5 aromatic rings. The van der Waals surface area contributed by atoms with E-state index in [0.29, 0.717) is 17.1 Å². The number of anilines is 2. The standard InChI is InChI=1S/C38H34N2O3/c1-4-40(5-2)30-24-25(3)35(39-36(26-16-8-6-9-17-26)27-18-10-7-11-19-27)34-33(30)37(41)43-38(34)28-20-12-14-22-31(28)42-32-23-15-13-21-29(32)38/h6-24,36,39H,4-5H2,1-3H3. The SMILES string of the molecule is CCN(CC)c1cc(C)c(NC(c2ccccc2)c2ccccc2)c2c1C(=O)OC21c2ccccc2Oc2ccccc21. The number of benzene rings is 5. The number of carbonyl (C=O) groups is 1. The van der Waals surface area contributed by atoms with Crippen molar-refractivity contribution in [1.29, 1.82) is 0 Å². The van der Waals surface area contributed by atoms with E-state index in [1.54, 1.807) is 0 Å². The molecule has 0 fully saturated rings. The van der Waals surface area contributed by atoms with Gasteiger partial charge >= 0.3 is 5.97 Å². The fourth-order valence-electron chi connectivity index (χ4n) is 6.73. The first-order chi connectivity index (χ1) is 21.1. The van der Waals surface area contributed by atoms with E-state index in [1.165, 1.54) is 0 Å². The predicted octanol–water partition coefficient (Wildman–Crippen LogP) is 8.61. The van der Waals surface area contributed by atoms with Gasteiger partial charge in [0.15, 0.2) is 5.60 Å². The molecule has 5 nitrogen and oxygen atoms in total. The first-order valence-electron chi connectivity index (χ1n) is 15.0. The van der Waals surface area contributed by atoms with E-state index < -0.39 is 5.60 Å². The van der Waals surface area contributed by atoms with Gasteiger partial charge in [0.25, 0.3) is 0 Å². The average molecular weight is 567 g/mol. The van der Waals surface area contributed by atoms with Gasteiger partial charge in [-0.3, -0.25) is 0 Å². The largest absolute Gasteiger partial charge is 0.456 e. The Hall–Kier alpha value is -5.03. The fourth-order valence-corrected chi connectivity index (χ4v) is 6.73. The third-order valence-corrected chi connectivity index (χ3v) is 8.72. The summed E-state index contributed by atoms with van der Waals surface area (Å²) in [4.78, 5) is 16.5. The number of ether oxygens (including phenoxy) is 2. The lowest BCUT2D eigenvalue weighted by Crippen LogP contribution is -2.34. The molecule has 0 bridgehead atoms. The molecule has 43 heavy (non-hydrogen) atoms. The van der Waals surface area contributed by atoms with Crippen molar-refractivity contribution in [2.75, 3.05) is 23.3 Å². The molecule has 2 aliphatic heterocycles. The molecule has 1 spiro atoms. The lowest BCUT2D eigenvalue weighted by molar-refractivity contribution is 0.0226. The number of aryl methyl sites for hydroxylation is 1. The number of para-hydroxylation sites is 2. The van der Waals surface area contributed by atoms with Crippen LogP contribution in [0.15, 0.2) is 115 Å². The van der Waals surface area contributed by atoms with Crippen LogP contribution < -0.4 is 15.0 Å². The normalized spacial score (nSPS) is 14.0. The number of carbonyl (C=O) groups excluding carboxylic acids is 1. The molecule has 7 rings (SSSR count). The lowest BCUT2D eigenvalue weighted by atomic mass is 9.75. The van der Waals surface area contributed by atoms with Crippen molar-refractivity contribution < 1.29 is 14.3 Å². The molecule has 5 aromatic carbocycles. The van der Waals surface area contributed by atoms with E-state index in [2.05, 4.69) is 85.6 Å². The van der Waals surface area contributed by atoms with E-state index in [9.17, 15) is 4.79 Å². The maximum absolute atomic E-state index is 14.3. The number of hydrogen-bond donors (Lipinski definition) is 1.